The molecule has 11 atom stereocenters. The maximum Gasteiger partial charge on any atom is 0.309 e. The number of carbonyl (C=O) groups excluding carboxylic acids is 1. The first-order chi connectivity index (χ1) is 22.0. The van der Waals surface area contributed by atoms with Gasteiger partial charge >= 0.3 is 5.97 Å². The number of ether oxygens (including phenoxy) is 7. The van der Waals surface area contributed by atoms with Crippen LogP contribution in [0.2, 0.25) is 0 Å². The van der Waals surface area contributed by atoms with Crippen LogP contribution >= 0.6 is 0 Å². The summed E-state index contributed by atoms with van der Waals surface area (Å²) >= 11 is 0. The third kappa shape index (κ3) is 7.17. The topological polar surface area (TPSA) is 223 Å². The number of carbonyl (C=O) groups is 1. The summed E-state index contributed by atoms with van der Waals surface area (Å²) in [5, 5.41) is 71.2. The van der Waals surface area contributed by atoms with Crippen molar-refractivity contribution < 1.29 is 73.7 Å². The van der Waals surface area contributed by atoms with E-state index in [1.165, 1.54) is 20.3 Å². The molecule has 5 rings (SSSR count). The number of rotatable bonds is 11. The monoisotopic (exact) mass is 652 g/mol. The first-order valence-electron chi connectivity index (χ1n) is 14.8. The average molecular weight is 653 g/mol. The van der Waals surface area contributed by atoms with Crippen LogP contribution in [0.25, 0.3) is 0 Å². The number of benzene rings is 2. The molecule has 254 valence electrons. The summed E-state index contributed by atoms with van der Waals surface area (Å²) in [7, 11) is 2.86. The minimum atomic E-state index is -1.69. The van der Waals surface area contributed by atoms with Crippen LogP contribution in [0, 0.1) is 11.8 Å². The van der Waals surface area contributed by atoms with Crippen molar-refractivity contribution in [3.63, 3.8) is 0 Å². The fraction of sp³-hybridized carbons (Fsp3) is 0.581. The molecule has 0 aliphatic carbocycles. The standard InChI is InChI=1S/C31H40O15/c1-40-21-9-14(3-5-18(21)33)7-16-12-42-29(39)17(16)8-15-4-6-20(22(10-15)41-2)44-31-28(26(37)25(36)23(11-32)45-31)46-30-27(38)24(35)19(34)13-43-30/h3-6,9-10,16-17,19,23-28,30-38H,7-8,11-13H2,1-2H3. The molecule has 15 nitrogen and oxygen atoms in total. The fourth-order valence-corrected chi connectivity index (χ4v) is 5.87. The van der Waals surface area contributed by atoms with Gasteiger partial charge in [0.25, 0.3) is 0 Å². The molecule has 3 aliphatic heterocycles. The SMILES string of the molecule is COc1cc(CC2COC(=O)C2Cc2ccc(OC3OC(CO)C(O)C(O)C3OC3OCC(O)C(O)C3O)c(OC)c2)ccc1O. The quantitative estimate of drug-likeness (QED) is 0.139. The Morgan fingerprint density at radius 2 is 1.50 bits per heavy atom. The average Bonchev–Trinajstić information content (AvgIpc) is 3.39. The maximum atomic E-state index is 12.7. The van der Waals surface area contributed by atoms with Gasteiger partial charge in [-0.2, -0.15) is 0 Å². The smallest absolute Gasteiger partial charge is 0.309 e. The van der Waals surface area contributed by atoms with E-state index in [1.54, 1.807) is 30.3 Å². The number of hydrogen-bond donors (Lipinski definition) is 7. The highest BCUT2D eigenvalue weighted by Gasteiger charge is 2.50. The summed E-state index contributed by atoms with van der Waals surface area (Å²) in [6.07, 6.45) is -12.8. The van der Waals surface area contributed by atoms with Gasteiger partial charge in [-0.05, 0) is 48.2 Å². The van der Waals surface area contributed by atoms with Crippen LogP contribution in [0.3, 0.4) is 0 Å². The molecule has 3 heterocycles. The second kappa shape index (κ2) is 14.7. The zero-order valence-corrected chi connectivity index (χ0v) is 25.2. The van der Waals surface area contributed by atoms with E-state index in [9.17, 15) is 40.5 Å². The van der Waals surface area contributed by atoms with Crippen LogP contribution in [-0.2, 0) is 36.6 Å². The second-order valence-corrected chi connectivity index (χ2v) is 11.6. The molecule has 0 amide bonds. The third-order valence-corrected chi connectivity index (χ3v) is 8.55. The van der Waals surface area contributed by atoms with E-state index in [0.29, 0.717) is 18.6 Å². The van der Waals surface area contributed by atoms with Gasteiger partial charge in [0.2, 0.25) is 6.29 Å². The molecular weight excluding hydrogens is 612 g/mol. The van der Waals surface area contributed by atoms with Crippen LogP contribution < -0.4 is 14.2 Å². The summed E-state index contributed by atoms with van der Waals surface area (Å²) in [5.41, 5.74) is 1.60. The lowest BCUT2D eigenvalue weighted by atomic mass is 9.85. The van der Waals surface area contributed by atoms with Gasteiger partial charge in [-0.25, -0.2) is 0 Å². The number of phenols is 1. The van der Waals surface area contributed by atoms with Crippen molar-refractivity contribution in [3.8, 4) is 23.0 Å². The minimum absolute atomic E-state index is 0.0172. The minimum Gasteiger partial charge on any atom is -0.504 e. The van der Waals surface area contributed by atoms with Crippen LogP contribution in [-0.4, -0.2) is 131 Å². The van der Waals surface area contributed by atoms with Crippen molar-refractivity contribution in [1.82, 2.24) is 0 Å². The molecule has 0 bridgehead atoms. The van der Waals surface area contributed by atoms with Crippen molar-refractivity contribution >= 4 is 5.97 Å². The number of hydrogen-bond acceptors (Lipinski definition) is 15. The van der Waals surface area contributed by atoms with E-state index in [-0.39, 0.29) is 42.3 Å². The molecule has 3 fully saturated rings. The molecule has 2 aromatic carbocycles. The van der Waals surface area contributed by atoms with E-state index in [4.69, 9.17) is 33.2 Å². The number of cyclic esters (lactones) is 1. The van der Waals surface area contributed by atoms with Crippen LogP contribution in [0.4, 0.5) is 0 Å². The van der Waals surface area contributed by atoms with E-state index in [0.717, 1.165) is 11.1 Å². The van der Waals surface area contributed by atoms with Gasteiger partial charge in [-0.15, -0.1) is 0 Å². The van der Waals surface area contributed by atoms with Gasteiger partial charge in [0.1, 0.15) is 36.6 Å². The maximum absolute atomic E-state index is 12.7. The Hall–Kier alpha value is -3.25. The fourth-order valence-electron chi connectivity index (χ4n) is 5.87. The Morgan fingerprint density at radius 1 is 0.804 bits per heavy atom. The van der Waals surface area contributed by atoms with Crippen molar-refractivity contribution in [2.24, 2.45) is 11.8 Å². The van der Waals surface area contributed by atoms with Crippen molar-refractivity contribution in [2.45, 2.75) is 68.1 Å². The molecule has 7 N–H and O–H groups in total. The Kier molecular flexibility index (Phi) is 10.9. The van der Waals surface area contributed by atoms with E-state index in [2.05, 4.69) is 0 Å². The zero-order valence-electron chi connectivity index (χ0n) is 25.2. The molecule has 2 aromatic rings. The Labute approximate surface area is 264 Å². The predicted molar refractivity (Wildman–Crippen MR) is 154 cm³/mol. The Bertz CT molecular complexity index is 1340. The number of esters is 1. The van der Waals surface area contributed by atoms with Crippen molar-refractivity contribution in [1.29, 1.82) is 0 Å². The van der Waals surface area contributed by atoms with Gasteiger partial charge < -0.3 is 68.9 Å². The van der Waals surface area contributed by atoms with Crippen LogP contribution in [0.5, 0.6) is 23.0 Å². The second-order valence-electron chi connectivity index (χ2n) is 11.6. The van der Waals surface area contributed by atoms with E-state index >= 15 is 0 Å². The van der Waals surface area contributed by atoms with Gasteiger partial charge in [-0.1, -0.05) is 12.1 Å². The van der Waals surface area contributed by atoms with Crippen molar-refractivity contribution in [2.75, 3.05) is 34.0 Å². The zero-order chi connectivity index (χ0) is 33.1. The van der Waals surface area contributed by atoms with Crippen LogP contribution in [0.1, 0.15) is 11.1 Å². The summed E-state index contributed by atoms with van der Waals surface area (Å²) in [4.78, 5) is 12.7. The number of phenolic OH excluding ortho intramolecular Hbond substituents is 1. The Balaban J connectivity index is 1.32. The highest BCUT2D eigenvalue weighted by atomic mass is 16.8. The number of aliphatic hydroxyl groups is 6. The van der Waals surface area contributed by atoms with Gasteiger partial charge in [-0.3, -0.25) is 4.79 Å². The molecule has 0 aromatic heterocycles. The van der Waals surface area contributed by atoms with Gasteiger partial charge in [0.15, 0.2) is 35.4 Å². The molecule has 3 aliphatic rings. The third-order valence-electron chi connectivity index (χ3n) is 8.55. The Morgan fingerprint density at radius 3 is 2.22 bits per heavy atom. The highest BCUT2D eigenvalue weighted by Crippen LogP contribution is 2.37. The van der Waals surface area contributed by atoms with Gasteiger partial charge in [0.05, 0.1) is 40.0 Å². The summed E-state index contributed by atoms with van der Waals surface area (Å²) in [6.45, 7) is -0.793. The summed E-state index contributed by atoms with van der Waals surface area (Å²) < 4.78 is 38.9. The normalized spacial score (nSPS) is 34.6. The predicted octanol–water partition coefficient (Wildman–Crippen LogP) is -1.37. The van der Waals surface area contributed by atoms with Gasteiger partial charge in [0, 0.05) is 5.92 Å². The lowest BCUT2D eigenvalue weighted by Gasteiger charge is -2.44. The van der Waals surface area contributed by atoms with Crippen molar-refractivity contribution in [3.05, 3.63) is 47.5 Å². The first-order valence-corrected chi connectivity index (χ1v) is 14.8. The molecule has 0 radical (unpaired) electrons. The van der Waals surface area contributed by atoms with Crippen LogP contribution in [0.15, 0.2) is 36.4 Å². The lowest BCUT2D eigenvalue weighted by molar-refractivity contribution is -0.345. The van der Waals surface area contributed by atoms with E-state index < -0.39 is 67.8 Å². The first kappa shape index (κ1) is 34.1. The molecule has 46 heavy (non-hydrogen) atoms. The molecular formula is C31H40O15. The molecule has 15 heteroatoms. The highest BCUT2D eigenvalue weighted by molar-refractivity contribution is 5.75. The molecule has 0 saturated carbocycles. The largest absolute Gasteiger partial charge is 0.504 e. The lowest BCUT2D eigenvalue weighted by Crippen LogP contribution is -2.63. The number of methoxy groups -OCH3 is 2. The summed E-state index contributed by atoms with van der Waals surface area (Å²) in [6, 6.07) is 9.96. The molecule has 11 unspecified atom stereocenters. The van der Waals surface area contributed by atoms with E-state index in [1.807, 2.05) is 0 Å². The number of aliphatic hydroxyl groups excluding tert-OH is 6. The summed E-state index contributed by atoms with van der Waals surface area (Å²) in [5.74, 6) is -0.222. The molecule has 3 saturated heterocycles. The number of aromatic hydroxyl groups is 1. The molecule has 0 spiro atoms.